The number of carbonyl (C=O) groups is 2. The molecule has 0 fully saturated rings. The highest BCUT2D eigenvalue weighted by molar-refractivity contribution is 6.57. The SMILES string of the molecule is O=C1C=c2[nH]cc(C#Cc3c[nH]c4cc(O)c(O)cc34)c2=CC1=O. The minimum atomic E-state index is -0.572. The van der Waals surface area contributed by atoms with Gasteiger partial charge in [-0.25, -0.2) is 0 Å². The third-order valence-corrected chi connectivity index (χ3v) is 3.85. The molecule has 0 saturated heterocycles. The van der Waals surface area contributed by atoms with Crippen LogP contribution >= 0.6 is 0 Å². The van der Waals surface area contributed by atoms with Crippen molar-refractivity contribution in [2.45, 2.75) is 0 Å². The van der Waals surface area contributed by atoms with Gasteiger partial charge in [0.25, 0.3) is 0 Å². The Hall–Kier alpha value is -3.72. The van der Waals surface area contributed by atoms with E-state index < -0.39 is 11.6 Å². The molecule has 4 rings (SSSR count). The second-order valence-corrected chi connectivity index (χ2v) is 5.39. The highest BCUT2D eigenvalue weighted by Gasteiger charge is 2.14. The van der Waals surface area contributed by atoms with E-state index >= 15 is 0 Å². The van der Waals surface area contributed by atoms with Crippen molar-refractivity contribution in [1.82, 2.24) is 9.97 Å². The molecule has 0 amide bonds. The van der Waals surface area contributed by atoms with Gasteiger partial charge in [0.1, 0.15) is 0 Å². The number of Topliss-reactive ketones (excluding diaryl/α,β-unsaturated/α-hetero) is 2. The van der Waals surface area contributed by atoms with Gasteiger partial charge >= 0.3 is 0 Å². The minimum absolute atomic E-state index is 0.211. The van der Waals surface area contributed by atoms with Crippen LogP contribution < -0.4 is 10.6 Å². The average molecular weight is 318 g/mol. The number of aromatic nitrogens is 2. The smallest absolute Gasteiger partial charge is 0.227 e. The van der Waals surface area contributed by atoms with Gasteiger partial charge in [-0.15, -0.1) is 0 Å². The van der Waals surface area contributed by atoms with Gasteiger partial charge in [0.15, 0.2) is 11.5 Å². The Morgan fingerprint density at radius 1 is 0.833 bits per heavy atom. The molecule has 6 heteroatoms. The number of hydrogen-bond donors (Lipinski definition) is 4. The van der Waals surface area contributed by atoms with Crippen LogP contribution in [0.2, 0.25) is 0 Å². The first-order valence-corrected chi connectivity index (χ1v) is 7.07. The Morgan fingerprint density at radius 2 is 1.50 bits per heavy atom. The molecule has 24 heavy (non-hydrogen) atoms. The van der Waals surface area contributed by atoms with E-state index in [9.17, 15) is 19.8 Å². The van der Waals surface area contributed by atoms with E-state index in [2.05, 4.69) is 21.8 Å². The summed E-state index contributed by atoms with van der Waals surface area (Å²) in [4.78, 5) is 28.8. The van der Waals surface area contributed by atoms with Crippen LogP contribution in [0.5, 0.6) is 11.5 Å². The zero-order valence-electron chi connectivity index (χ0n) is 12.2. The van der Waals surface area contributed by atoms with Crippen molar-refractivity contribution in [2.24, 2.45) is 0 Å². The molecule has 1 aliphatic carbocycles. The monoisotopic (exact) mass is 318 g/mol. The Bertz CT molecular complexity index is 1220. The van der Waals surface area contributed by atoms with Crippen molar-refractivity contribution in [3.63, 3.8) is 0 Å². The number of H-pyrrole nitrogens is 2. The lowest BCUT2D eigenvalue weighted by atomic mass is 10.1. The molecular weight excluding hydrogens is 308 g/mol. The summed E-state index contributed by atoms with van der Waals surface area (Å²) in [6.45, 7) is 0. The van der Waals surface area contributed by atoms with E-state index in [1.165, 1.54) is 24.3 Å². The van der Waals surface area contributed by atoms with Crippen molar-refractivity contribution in [2.75, 3.05) is 0 Å². The number of phenolic OH excluding ortho intramolecular Hbond substituents is 2. The lowest BCUT2D eigenvalue weighted by molar-refractivity contribution is -0.129. The summed E-state index contributed by atoms with van der Waals surface area (Å²) in [6.07, 6.45) is 5.83. The maximum Gasteiger partial charge on any atom is 0.227 e. The lowest BCUT2D eigenvalue weighted by Crippen LogP contribution is -2.33. The fourth-order valence-corrected chi connectivity index (χ4v) is 2.62. The van der Waals surface area contributed by atoms with Crippen LogP contribution in [0.25, 0.3) is 23.1 Å². The molecule has 4 N–H and O–H groups in total. The number of benzene rings is 1. The maximum atomic E-state index is 11.5. The summed E-state index contributed by atoms with van der Waals surface area (Å²) in [7, 11) is 0. The fraction of sp³-hybridized carbons (Fsp3) is 0. The molecule has 2 aromatic heterocycles. The van der Waals surface area contributed by atoms with E-state index in [0.29, 0.717) is 32.6 Å². The lowest BCUT2D eigenvalue weighted by Gasteiger charge is -1.97. The topological polar surface area (TPSA) is 106 Å². The molecule has 0 aliphatic heterocycles. The van der Waals surface area contributed by atoms with Gasteiger partial charge < -0.3 is 20.2 Å². The molecule has 6 nitrogen and oxygen atoms in total. The first-order chi connectivity index (χ1) is 11.5. The number of fused-ring (bicyclic) bond motifs is 2. The summed E-state index contributed by atoms with van der Waals surface area (Å²) in [5.74, 6) is 4.36. The van der Waals surface area contributed by atoms with Crippen LogP contribution in [0.3, 0.4) is 0 Å². The molecule has 2 heterocycles. The van der Waals surface area contributed by atoms with Crippen LogP contribution in [-0.4, -0.2) is 31.7 Å². The average Bonchev–Trinajstić information content (AvgIpc) is 3.11. The quantitative estimate of drug-likeness (QED) is 0.266. The molecule has 0 unspecified atom stereocenters. The summed E-state index contributed by atoms with van der Waals surface area (Å²) >= 11 is 0. The largest absolute Gasteiger partial charge is 0.504 e. The van der Waals surface area contributed by atoms with Crippen molar-refractivity contribution in [3.8, 4) is 23.3 Å². The number of ketones is 2. The van der Waals surface area contributed by atoms with E-state index in [0.717, 1.165) is 0 Å². The zero-order valence-corrected chi connectivity index (χ0v) is 12.2. The van der Waals surface area contributed by atoms with Crippen LogP contribution in [0.15, 0.2) is 24.5 Å². The third kappa shape index (κ3) is 2.08. The highest BCUT2D eigenvalue weighted by atomic mass is 16.3. The number of nitrogens with one attached hydrogen (secondary N) is 2. The number of rotatable bonds is 0. The van der Waals surface area contributed by atoms with E-state index in [4.69, 9.17) is 0 Å². The number of hydrogen-bond acceptors (Lipinski definition) is 4. The standard InChI is InChI=1S/C18H10N2O4/c21-15-3-11-9(7-19-13(11)5-17(15)23)1-2-10-8-20-14-6-18(24)16(22)4-12(10)14/h3-8,19-21,23H. The zero-order chi connectivity index (χ0) is 16.8. The Labute approximate surface area is 134 Å². The summed E-state index contributed by atoms with van der Waals surface area (Å²) < 4.78 is 0. The number of aromatic hydroxyl groups is 2. The molecule has 0 saturated carbocycles. The molecule has 0 bridgehead atoms. The summed E-state index contributed by atoms with van der Waals surface area (Å²) in [5, 5.41) is 21.0. The number of aromatic amines is 2. The Balaban J connectivity index is 1.84. The molecule has 0 radical (unpaired) electrons. The third-order valence-electron chi connectivity index (χ3n) is 3.85. The molecule has 0 atom stereocenters. The van der Waals surface area contributed by atoms with Crippen molar-refractivity contribution >= 4 is 34.6 Å². The Kier molecular flexibility index (Phi) is 2.84. The minimum Gasteiger partial charge on any atom is -0.504 e. The van der Waals surface area contributed by atoms with Gasteiger partial charge in [0, 0.05) is 41.2 Å². The van der Waals surface area contributed by atoms with Crippen LogP contribution in [0.1, 0.15) is 11.1 Å². The van der Waals surface area contributed by atoms with Crippen LogP contribution in [-0.2, 0) is 9.59 Å². The van der Waals surface area contributed by atoms with Gasteiger partial charge in [-0.3, -0.25) is 9.59 Å². The van der Waals surface area contributed by atoms with E-state index in [1.54, 1.807) is 12.4 Å². The molecule has 1 aliphatic rings. The predicted molar refractivity (Wildman–Crippen MR) is 86.6 cm³/mol. The molecule has 0 spiro atoms. The van der Waals surface area contributed by atoms with Crippen molar-refractivity contribution in [3.05, 3.63) is 46.2 Å². The normalized spacial score (nSPS) is 13.0. The van der Waals surface area contributed by atoms with Gasteiger partial charge in [-0.05, 0) is 6.07 Å². The number of phenols is 2. The van der Waals surface area contributed by atoms with Crippen molar-refractivity contribution < 1.29 is 19.8 Å². The second kappa shape index (κ2) is 4.89. The molecule has 1 aromatic carbocycles. The van der Waals surface area contributed by atoms with Crippen LogP contribution in [0, 0.1) is 11.8 Å². The van der Waals surface area contributed by atoms with Gasteiger partial charge in [0.2, 0.25) is 11.6 Å². The van der Waals surface area contributed by atoms with Gasteiger partial charge in [0.05, 0.1) is 22.0 Å². The van der Waals surface area contributed by atoms with E-state index in [1.807, 2.05) is 0 Å². The first kappa shape index (κ1) is 13.9. The van der Waals surface area contributed by atoms with Gasteiger partial charge in [-0.1, -0.05) is 11.8 Å². The Morgan fingerprint density at radius 3 is 2.33 bits per heavy atom. The number of carbonyl (C=O) groups excluding carboxylic acids is 2. The van der Waals surface area contributed by atoms with Gasteiger partial charge in [-0.2, -0.15) is 0 Å². The van der Waals surface area contributed by atoms with Crippen LogP contribution in [0.4, 0.5) is 0 Å². The molecule has 3 aromatic rings. The summed E-state index contributed by atoms with van der Waals surface area (Å²) in [6, 6.07) is 2.85. The van der Waals surface area contributed by atoms with Crippen molar-refractivity contribution in [1.29, 1.82) is 0 Å². The molecule has 116 valence electrons. The maximum absolute atomic E-state index is 11.5. The second-order valence-electron chi connectivity index (χ2n) is 5.39. The van der Waals surface area contributed by atoms with E-state index in [-0.39, 0.29) is 11.5 Å². The summed E-state index contributed by atoms with van der Waals surface area (Å²) in [5.41, 5.74) is 1.88. The first-order valence-electron chi connectivity index (χ1n) is 7.07. The fourth-order valence-electron chi connectivity index (χ4n) is 2.62. The predicted octanol–water partition coefficient (Wildman–Crippen LogP) is 0.0198. The molecular formula is C18H10N2O4. The highest BCUT2D eigenvalue weighted by Crippen LogP contribution is 2.31.